The van der Waals surface area contributed by atoms with Gasteiger partial charge in [0.05, 0.1) is 10.2 Å². The Kier molecular flexibility index (Phi) is 6.84. The molecule has 1 aromatic heterocycles. The third kappa shape index (κ3) is 6.08. The zero-order valence-electron chi connectivity index (χ0n) is 15.0. The molecule has 0 aliphatic heterocycles. The number of aromatic nitrogens is 1. The van der Waals surface area contributed by atoms with Crippen molar-refractivity contribution in [3.8, 4) is 0 Å². The number of carbonyl (C=O) groups is 2. The average Bonchev–Trinajstić information content (AvgIpc) is 3.03. The lowest BCUT2D eigenvalue weighted by Gasteiger charge is -2.03. The van der Waals surface area contributed by atoms with Crippen molar-refractivity contribution in [2.75, 3.05) is 16.4 Å². The zero-order valence-corrected chi connectivity index (χ0v) is 16.7. The Balaban J connectivity index is 1.44. The first-order valence-corrected chi connectivity index (χ1v) is 10.7. The van der Waals surface area contributed by atoms with Gasteiger partial charge in [0.15, 0.2) is 5.13 Å². The van der Waals surface area contributed by atoms with Crippen LogP contribution in [0.5, 0.6) is 0 Å². The van der Waals surface area contributed by atoms with E-state index in [2.05, 4.69) is 27.8 Å². The third-order valence-electron chi connectivity index (χ3n) is 3.76. The standard InChI is InChI=1S/C20H21N3O2S2/c1-14(24)21-16-9-10-17-18(12-16)27-20(22-17)23-19(25)8-5-11-26-13-15-6-3-2-4-7-15/h2-4,6-7,9-10,12H,5,8,11,13H2,1H3,(H,21,24)(H,22,23,25). The van der Waals surface area contributed by atoms with Crippen LogP contribution in [0.15, 0.2) is 48.5 Å². The fourth-order valence-corrected chi connectivity index (χ4v) is 4.38. The Morgan fingerprint density at radius 2 is 1.93 bits per heavy atom. The summed E-state index contributed by atoms with van der Waals surface area (Å²) >= 11 is 3.25. The second kappa shape index (κ2) is 9.53. The quantitative estimate of drug-likeness (QED) is 0.528. The van der Waals surface area contributed by atoms with E-state index < -0.39 is 0 Å². The lowest BCUT2D eigenvalue weighted by Crippen LogP contribution is -2.11. The predicted octanol–water partition coefficient (Wildman–Crippen LogP) is 4.91. The largest absolute Gasteiger partial charge is 0.326 e. The molecule has 2 N–H and O–H groups in total. The van der Waals surface area contributed by atoms with Crippen LogP contribution >= 0.6 is 23.1 Å². The van der Waals surface area contributed by atoms with Crippen LogP contribution in [-0.2, 0) is 15.3 Å². The van der Waals surface area contributed by atoms with Gasteiger partial charge in [0, 0.05) is 24.8 Å². The van der Waals surface area contributed by atoms with Gasteiger partial charge in [0.25, 0.3) is 0 Å². The highest BCUT2D eigenvalue weighted by Crippen LogP contribution is 2.28. The van der Waals surface area contributed by atoms with Crippen molar-refractivity contribution in [3.63, 3.8) is 0 Å². The molecule has 140 valence electrons. The molecule has 7 heteroatoms. The highest BCUT2D eigenvalue weighted by molar-refractivity contribution is 7.98. The normalized spacial score (nSPS) is 10.7. The molecule has 0 bridgehead atoms. The summed E-state index contributed by atoms with van der Waals surface area (Å²) in [5.74, 6) is 1.79. The van der Waals surface area contributed by atoms with E-state index in [-0.39, 0.29) is 11.8 Å². The molecule has 0 radical (unpaired) electrons. The lowest BCUT2D eigenvalue weighted by atomic mass is 10.2. The van der Waals surface area contributed by atoms with Crippen molar-refractivity contribution in [3.05, 3.63) is 54.1 Å². The highest BCUT2D eigenvalue weighted by atomic mass is 32.2. The molecular formula is C20H21N3O2S2. The highest BCUT2D eigenvalue weighted by Gasteiger charge is 2.09. The van der Waals surface area contributed by atoms with E-state index >= 15 is 0 Å². The number of nitrogens with one attached hydrogen (secondary N) is 2. The van der Waals surface area contributed by atoms with Crippen LogP contribution in [0, 0.1) is 0 Å². The van der Waals surface area contributed by atoms with Crippen LogP contribution in [0.2, 0.25) is 0 Å². The molecule has 3 rings (SSSR count). The zero-order chi connectivity index (χ0) is 19.1. The van der Waals surface area contributed by atoms with Crippen molar-refractivity contribution >= 4 is 55.9 Å². The average molecular weight is 400 g/mol. The summed E-state index contributed by atoms with van der Waals surface area (Å²) in [6.45, 7) is 1.47. The van der Waals surface area contributed by atoms with Gasteiger partial charge < -0.3 is 10.6 Å². The maximum atomic E-state index is 12.1. The molecule has 5 nitrogen and oxygen atoms in total. The number of carbonyl (C=O) groups excluding carboxylic acids is 2. The van der Waals surface area contributed by atoms with Gasteiger partial charge in [-0.05, 0) is 35.9 Å². The van der Waals surface area contributed by atoms with Crippen LogP contribution < -0.4 is 10.6 Å². The second-order valence-electron chi connectivity index (χ2n) is 6.07. The van der Waals surface area contributed by atoms with Gasteiger partial charge in [-0.2, -0.15) is 11.8 Å². The van der Waals surface area contributed by atoms with Crippen LogP contribution in [0.25, 0.3) is 10.2 Å². The number of amides is 2. The molecule has 2 aromatic carbocycles. The summed E-state index contributed by atoms with van der Waals surface area (Å²) in [5, 5.41) is 6.21. The molecule has 0 saturated heterocycles. The SMILES string of the molecule is CC(=O)Nc1ccc2nc(NC(=O)CCCSCc3ccccc3)sc2c1. The maximum absolute atomic E-state index is 12.1. The first-order valence-electron chi connectivity index (χ1n) is 8.70. The van der Waals surface area contributed by atoms with Crippen LogP contribution in [0.3, 0.4) is 0 Å². The fraction of sp³-hybridized carbons (Fsp3) is 0.250. The molecule has 0 aliphatic rings. The Morgan fingerprint density at radius 1 is 1.11 bits per heavy atom. The van der Waals surface area contributed by atoms with Crippen LogP contribution in [0.1, 0.15) is 25.3 Å². The maximum Gasteiger partial charge on any atom is 0.226 e. The van der Waals surface area contributed by atoms with Crippen LogP contribution in [0.4, 0.5) is 10.8 Å². The molecule has 3 aromatic rings. The Morgan fingerprint density at radius 3 is 2.70 bits per heavy atom. The van der Waals surface area contributed by atoms with E-state index in [1.165, 1.54) is 23.8 Å². The molecule has 0 saturated carbocycles. The molecule has 2 amide bonds. The van der Waals surface area contributed by atoms with Gasteiger partial charge in [0.2, 0.25) is 11.8 Å². The van der Waals surface area contributed by atoms with E-state index in [4.69, 9.17) is 0 Å². The van der Waals surface area contributed by atoms with Gasteiger partial charge in [-0.15, -0.1) is 0 Å². The molecule has 0 unspecified atom stereocenters. The lowest BCUT2D eigenvalue weighted by molar-refractivity contribution is -0.116. The molecular weight excluding hydrogens is 378 g/mol. The summed E-state index contributed by atoms with van der Waals surface area (Å²) in [5.41, 5.74) is 2.84. The summed E-state index contributed by atoms with van der Waals surface area (Å²) in [6.07, 6.45) is 1.32. The number of anilines is 2. The fourth-order valence-electron chi connectivity index (χ4n) is 2.54. The van der Waals surface area contributed by atoms with Crippen molar-refractivity contribution < 1.29 is 9.59 Å². The molecule has 1 heterocycles. The minimum Gasteiger partial charge on any atom is -0.326 e. The van der Waals surface area contributed by atoms with Crippen molar-refractivity contribution in [1.29, 1.82) is 0 Å². The summed E-state index contributed by atoms with van der Waals surface area (Å²) in [6, 6.07) is 15.8. The van der Waals surface area contributed by atoms with Crippen molar-refractivity contribution in [1.82, 2.24) is 4.98 Å². The van der Waals surface area contributed by atoms with Gasteiger partial charge in [-0.1, -0.05) is 41.7 Å². The monoisotopic (exact) mass is 399 g/mol. The van der Waals surface area contributed by atoms with Gasteiger partial charge in [0.1, 0.15) is 0 Å². The van der Waals surface area contributed by atoms with Gasteiger partial charge >= 0.3 is 0 Å². The van der Waals surface area contributed by atoms with Crippen LogP contribution in [-0.4, -0.2) is 22.6 Å². The number of hydrogen-bond acceptors (Lipinski definition) is 5. The van der Waals surface area contributed by atoms with Gasteiger partial charge in [-0.3, -0.25) is 9.59 Å². The summed E-state index contributed by atoms with van der Waals surface area (Å²) in [4.78, 5) is 27.7. The molecule has 0 atom stereocenters. The van der Waals surface area contributed by atoms with Crippen molar-refractivity contribution in [2.45, 2.75) is 25.5 Å². The summed E-state index contributed by atoms with van der Waals surface area (Å²) < 4.78 is 0.926. The third-order valence-corrected chi connectivity index (χ3v) is 5.81. The molecule has 0 aliphatic carbocycles. The Labute approximate surface area is 166 Å². The molecule has 0 fully saturated rings. The number of nitrogens with zero attached hydrogens (tertiary/aromatic N) is 1. The number of hydrogen-bond donors (Lipinski definition) is 2. The smallest absolute Gasteiger partial charge is 0.226 e. The van der Waals surface area contributed by atoms with E-state index in [0.717, 1.165) is 33.8 Å². The number of benzene rings is 2. The van der Waals surface area contributed by atoms with E-state index in [1.807, 2.05) is 42.1 Å². The number of thiazole rings is 1. The Bertz CT molecular complexity index is 925. The minimum atomic E-state index is -0.113. The van der Waals surface area contributed by atoms with E-state index in [1.54, 1.807) is 6.07 Å². The van der Waals surface area contributed by atoms with E-state index in [9.17, 15) is 9.59 Å². The topological polar surface area (TPSA) is 71.1 Å². The summed E-state index contributed by atoms with van der Waals surface area (Å²) in [7, 11) is 0. The van der Waals surface area contributed by atoms with Crippen molar-refractivity contribution in [2.24, 2.45) is 0 Å². The minimum absolute atomic E-state index is 0.0172. The number of thioether (sulfide) groups is 1. The van der Waals surface area contributed by atoms with E-state index in [0.29, 0.717) is 11.6 Å². The molecule has 27 heavy (non-hydrogen) atoms. The molecule has 0 spiro atoms. The first-order chi connectivity index (χ1) is 13.1. The Hall–Kier alpha value is -2.38. The number of rotatable bonds is 8. The first kappa shape index (κ1) is 19.4. The van der Waals surface area contributed by atoms with Gasteiger partial charge in [-0.25, -0.2) is 4.98 Å². The predicted molar refractivity (Wildman–Crippen MR) is 114 cm³/mol. The number of fused-ring (bicyclic) bond motifs is 1. The second-order valence-corrected chi connectivity index (χ2v) is 8.21.